The van der Waals surface area contributed by atoms with Crippen LogP contribution >= 0.6 is 0 Å². The van der Waals surface area contributed by atoms with Crippen molar-refractivity contribution in [1.82, 2.24) is 9.88 Å². The molecule has 2 atom stereocenters. The van der Waals surface area contributed by atoms with E-state index in [2.05, 4.69) is 37.1 Å². The lowest BCUT2D eigenvalue weighted by Crippen LogP contribution is -2.34. The van der Waals surface area contributed by atoms with Crippen LogP contribution in [-0.4, -0.2) is 23.9 Å². The molecule has 1 aromatic heterocycles. The van der Waals surface area contributed by atoms with Crippen LogP contribution in [0.1, 0.15) is 39.3 Å². The van der Waals surface area contributed by atoms with Gasteiger partial charge in [0.25, 0.3) is 0 Å². The molecule has 1 aromatic rings. The summed E-state index contributed by atoms with van der Waals surface area (Å²) in [5.41, 5.74) is 2.44. The van der Waals surface area contributed by atoms with E-state index in [4.69, 9.17) is 0 Å². The van der Waals surface area contributed by atoms with Crippen LogP contribution in [0.2, 0.25) is 0 Å². The van der Waals surface area contributed by atoms with Crippen molar-refractivity contribution in [1.29, 1.82) is 5.26 Å². The van der Waals surface area contributed by atoms with E-state index in [9.17, 15) is 5.26 Å². The number of nitrogens with zero attached hydrogens (tertiary/aromatic N) is 3. The molecule has 0 amide bonds. The summed E-state index contributed by atoms with van der Waals surface area (Å²) in [6.45, 7) is 6.61. The maximum Gasteiger partial charge on any atom is 0.103 e. The van der Waals surface area contributed by atoms with Crippen LogP contribution in [0.5, 0.6) is 0 Å². The second-order valence-corrected chi connectivity index (χ2v) is 5.34. The smallest absolute Gasteiger partial charge is 0.103 e. The summed E-state index contributed by atoms with van der Waals surface area (Å²) in [5, 5.41) is 13.0. The summed E-state index contributed by atoms with van der Waals surface area (Å²) in [6.07, 6.45) is 5.73. The Balaban J connectivity index is 3.28. The first kappa shape index (κ1) is 17.0. The third kappa shape index (κ3) is 4.22. The van der Waals surface area contributed by atoms with E-state index >= 15 is 0 Å². The quantitative estimate of drug-likeness (QED) is 0.617. The Bertz CT molecular complexity index is 545. The van der Waals surface area contributed by atoms with E-state index in [-0.39, 0.29) is 0 Å². The van der Waals surface area contributed by atoms with Gasteiger partial charge in [-0.25, -0.2) is 0 Å². The minimum atomic E-state index is 0.341. The largest absolute Gasteiger partial charge is 0.379 e. The number of allylic oxidation sites excluding steroid dienone is 1. The van der Waals surface area contributed by atoms with Crippen LogP contribution in [-0.2, 0) is 7.05 Å². The second-order valence-electron chi connectivity index (χ2n) is 5.34. The minimum absolute atomic E-state index is 0.341. The molecule has 2 unspecified atom stereocenters. The molecule has 4 heteroatoms. The summed E-state index contributed by atoms with van der Waals surface area (Å²) in [7, 11) is 3.67. The van der Waals surface area contributed by atoms with Crippen molar-refractivity contribution in [2.24, 2.45) is 18.0 Å². The monoisotopic (exact) mass is 286 g/mol. The maximum atomic E-state index is 9.45. The van der Waals surface area contributed by atoms with Gasteiger partial charge in [0, 0.05) is 32.5 Å². The number of hydrogen-bond acceptors (Lipinski definition) is 3. The molecule has 0 aromatic carbocycles. The van der Waals surface area contributed by atoms with Crippen LogP contribution in [0.3, 0.4) is 0 Å². The van der Waals surface area contributed by atoms with Crippen LogP contribution in [0.4, 0.5) is 0 Å². The minimum Gasteiger partial charge on any atom is -0.379 e. The Hall–Kier alpha value is -2.02. The van der Waals surface area contributed by atoms with Gasteiger partial charge in [0.2, 0.25) is 0 Å². The highest BCUT2D eigenvalue weighted by atomic mass is 15.0. The highest BCUT2D eigenvalue weighted by molar-refractivity contribution is 5.94. The fourth-order valence-corrected chi connectivity index (χ4v) is 2.41. The Morgan fingerprint density at radius 3 is 2.62 bits per heavy atom. The molecule has 0 bridgehead atoms. The topological polar surface area (TPSA) is 53.1 Å². The molecule has 0 spiro atoms. The summed E-state index contributed by atoms with van der Waals surface area (Å²) in [4.78, 5) is 4.01. The van der Waals surface area contributed by atoms with Gasteiger partial charge in [-0.1, -0.05) is 27.2 Å². The standard InChI is InChI=1S/C17H26N4/c1-6-13(3)15(7-2)20-17(14(11-18)12-19-4)16-9-8-10-21(16)5/h8-10,12-13,15,20H,6-7H2,1-5H3/b17-14+,19-12?. The number of nitriles is 1. The molecule has 0 saturated carbocycles. The predicted octanol–water partition coefficient (Wildman–Crippen LogP) is 3.37. The molecule has 1 heterocycles. The molecule has 0 aliphatic carbocycles. The van der Waals surface area contributed by atoms with Gasteiger partial charge in [-0.3, -0.25) is 4.99 Å². The molecule has 0 aliphatic rings. The van der Waals surface area contributed by atoms with Gasteiger partial charge in [0.15, 0.2) is 0 Å². The molecule has 0 aliphatic heterocycles. The normalized spacial score (nSPS) is 15.4. The number of aliphatic imine (C=N–C) groups is 1. The van der Waals surface area contributed by atoms with E-state index in [1.165, 1.54) is 0 Å². The Labute approximate surface area is 128 Å². The van der Waals surface area contributed by atoms with Crippen LogP contribution in [0.25, 0.3) is 5.70 Å². The molecular weight excluding hydrogens is 260 g/mol. The fourth-order valence-electron chi connectivity index (χ4n) is 2.41. The van der Waals surface area contributed by atoms with Crippen LogP contribution < -0.4 is 5.32 Å². The SMILES string of the molecule is CCC(C)C(CC)N/C(=C(\C#N)C=NC)c1cccn1C. The highest BCUT2D eigenvalue weighted by Gasteiger charge is 2.18. The number of hydrogen-bond donors (Lipinski definition) is 1. The zero-order valence-corrected chi connectivity index (χ0v) is 13.7. The van der Waals surface area contributed by atoms with E-state index in [0.717, 1.165) is 24.2 Å². The van der Waals surface area contributed by atoms with Crippen molar-refractivity contribution in [2.45, 2.75) is 39.7 Å². The van der Waals surface area contributed by atoms with E-state index < -0.39 is 0 Å². The molecule has 0 fully saturated rings. The first-order chi connectivity index (χ1) is 10.1. The number of nitrogens with one attached hydrogen (secondary N) is 1. The summed E-state index contributed by atoms with van der Waals surface area (Å²) in [6, 6.07) is 6.61. The van der Waals surface area contributed by atoms with Crippen molar-refractivity contribution < 1.29 is 0 Å². The van der Waals surface area contributed by atoms with Crippen molar-refractivity contribution in [3.05, 3.63) is 29.6 Å². The number of aryl methyl sites for hydroxylation is 1. The molecule has 4 nitrogen and oxygen atoms in total. The van der Waals surface area contributed by atoms with Gasteiger partial charge in [-0.2, -0.15) is 5.26 Å². The average molecular weight is 286 g/mol. The first-order valence-corrected chi connectivity index (χ1v) is 7.53. The lowest BCUT2D eigenvalue weighted by molar-refractivity contribution is 0.395. The Morgan fingerprint density at radius 1 is 1.48 bits per heavy atom. The van der Waals surface area contributed by atoms with Crippen molar-refractivity contribution in [3.63, 3.8) is 0 Å². The van der Waals surface area contributed by atoms with Crippen LogP contribution in [0, 0.1) is 17.2 Å². The fraction of sp³-hybridized carbons (Fsp3) is 0.529. The Morgan fingerprint density at radius 2 is 2.19 bits per heavy atom. The predicted molar refractivity (Wildman–Crippen MR) is 89.0 cm³/mol. The summed E-state index contributed by atoms with van der Waals surface area (Å²) >= 11 is 0. The van der Waals surface area contributed by atoms with E-state index in [1.54, 1.807) is 13.3 Å². The molecule has 1 rings (SSSR count). The van der Waals surface area contributed by atoms with Crippen molar-refractivity contribution in [3.8, 4) is 6.07 Å². The van der Waals surface area contributed by atoms with Gasteiger partial charge in [-0.05, 0) is 24.5 Å². The molecule has 0 radical (unpaired) electrons. The summed E-state index contributed by atoms with van der Waals surface area (Å²) in [5.74, 6) is 0.545. The molecule has 21 heavy (non-hydrogen) atoms. The molecular formula is C17H26N4. The third-order valence-electron chi connectivity index (χ3n) is 3.95. The molecule has 114 valence electrons. The highest BCUT2D eigenvalue weighted by Crippen LogP contribution is 2.20. The van der Waals surface area contributed by atoms with Gasteiger partial charge in [-0.15, -0.1) is 0 Å². The van der Waals surface area contributed by atoms with Gasteiger partial charge >= 0.3 is 0 Å². The maximum absolute atomic E-state index is 9.45. The van der Waals surface area contributed by atoms with Crippen molar-refractivity contribution >= 4 is 11.9 Å². The van der Waals surface area contributed by atoms with Gasteiger partial charge in [0.1, 0.15) is 6.07 Å². The second kappa shape index (κ2) is 8.31. The molecule has 0 saturated heterocycles. The van der Waals surface area contributed by atoms with Gasteiger partial charge < -0.3 is 9.88 Å². The molecule has 1 N–H and O–H groups in total. The third-order valence-corrected chi connectivity index (χ3v) is 3.95. The van der Waals surface area contributed by atoms with E-state index in [0.29, 0.717) is 17.5 Å². The number of aromatic nitrogens is 1. The van der Waals surface area contributed by atoms with E-state index in [1.807, 2.05) is 29.9 Å². The Kier molecular flexibility index (Phi) is 6.74. The lowest BCUT2D eigenvalue weighted by Gasteiger charge is -2.26. The number of rotatable bonds is 7. The summed E-state index contributed by atoms with van der Waals surface area (Å²) < 4.78 is 2.02. The van der Waals surface area contributed by atoms with Gasteiger partial charge in [0.05, 0.1) is 17.0 Å². The zero-order chi connectivity index (χ0) is 15.8. The average Bonchev–Trinajstić information content (AvgIpc) is 2.92. The van der Waals surface area contributed by atoms with Crippen LogP contribution in [0.15, 0.2) is 28.9 Å². The first-order valence-electron chi connectivity index (χ1n) is 7.53. The zero-order valence-electron chi connectivity index (χ0n) is 13.7. The lowest BCUT2D eigenvalue weighted by atomic mass is 9.96. The van der Waals surface area contributed by atoms with Crippen molar-refractivity contribution in [2.75, 3.05) is 7.05 Å².